The zero-order valence-electron chi connectivity index (χ0n) is 12.2. The molecule has 0 aromatic heterocycles. The Morgan fingerprint density at radius 2 is 2.21 bits per heavy atom. The molecule has 0 spiro atoms. The molecule has 1 aromatic rings. The first kappa shape index (κ1) is 15.6. The van der Waals surface area contributed by atoms with Crippen molar-refractivity contribution in [2.75, 3.05) is 20.3 Å². The topological polar surface area (TPSA) is 30.5 Å². The molecule has 19 heavy (non-hydrogen) atoms. The molecule has 0 amide bonds. The molecule has 0 fully saturated rings. The van der Waals surface area contributed by atoms with Crippen LogP contribution in [0.2, 0.25) is 0 Å². The summed E-state index contributed by atoms with van der Waals surface area (Å²) in [5.41, 5.74) is 1.17. The van der Waals surface area contributed by atoms with Gasteiger partial charge in [-0.2, -0.15) is 0 Å². The van der Waals surface area contributed by atoms with Crippen molar-refractivity contribution >= 4 is 0 Å². The molecule has 106 valence electrons. The van der Waals surface area contributed by atoms with Crippen molar-refractivity contribution in [1.82, 2.24) is 5.32 Å². The lowest BCUT2D eigenvalue weighted by molar-refractivity contribution is 0.315. The highest BCUT2D eigenvalue weighted by molar-refractivity contribution is 5.42. The predicted octanol–water partition coefficient (Wildman–Crippen LogP) is 3.71. The van der Waals surface area contributed by atoms with Gasteiger partial charge in [-0.3, -0.25) is 0 Å². The number of benzene rings is 1. The summed E-state index contributed by atoms with van der Waals surface area (Å²) in [5.74, 6) is 1.71. The van der Waals surface area contributed by atoms with Gasteiger partial charge in [-0.1, -0.05) is 19.1 Å². The molecule has 0 aliphatic carbocycles. The average Bonchev–Trinajstić information content (AvgIpc) is 2.44. The lowest BCUT2D eigenvalue weighted by Crippen LogP contribution is -2.20. The van der Waals surface area contributed by atoms with Gasteiger partial charge >= 0.3 is 0 Å². The van der Waals surface area contributed by atoms with E-state index in [1.165, 1.54) is 5.56 Å². The van der Waals surface area contributed by atoms with Crippen LogP contribution < -0.4 is 14.8 Å². The molecule has 0 saturated carbocycles. The highest BCUT2D eigenvalue weighted by Gasteiger charge is 2.12. The fraction of sp³-hybridized carbons (Fsp3) is 0.500. The Morgan fingerprint density at radius 1 is 1.42 bits per heavy atom. The van der Waals surface area contributed by atoms with Gasteiger partial charge in [-0.05, 0) is 32.4 Å². The first-order valence-electron chi connectivity index (χ1n) is 6.88. The van der Waals surface area contributed by atoms with Crippen molar-refractivity contribution in [2.24, 2.45) is 0 Å². The van der Waals surface area contributed by atoms with Gasteiger partial charge in [0.2, 0.25) is 0 Å². The highest BCUT2D eigenvalue weighted by Crippen LogP contribution is 2.29. The van der Waals surface area contributed by atoms with Crippen molar-refractivity contribution < 1.29 is 9.47 Å². The molecule has 3 heteroatoms. The molecule has 0 radical (unpaired) electrons. The summed E-state index contributed by atoms with van der Waals surface area (Å²) in [4.78, 5) is 0. The molecular formula is C16H25NO2. The zero-order valence-corrected chi connectivity index (χ0v) is 12.2. The average molecular weight is 263 g/mol. The van der Waals surface area contributed by atoms with Crippen LogP contribution in [-0.2, 0) is 0 Å². The Hall–Kier alpha value is -1.48. The Labute approximate surface area is 116 Å². The maximum absolute atomic E-state index is 5.83. The standard InChI is InChI=1S/C16H25NO2/c1-5-7-11-19-16-12-14(18-4)8-9-15(16)13(3)17-10-6-2/h5,8-9,12-13,17H,1,6-7,10-11H2,2-4H3. The molecule has 0 aliphatic heterocycles. The lowest BCUT2D eigenvalue weighted by Gasteiger charge is -2.18. The maximum atomic E-state index is 5.83. The van der Waals surface area contributed by atoms with E-state index in [4.69, 9.17) is 9.47 Å². The lowest BCUT2D eigenvalue weighted by atomic mass is 10.1. The number of ether oxygens (including phenoxy) is 2. The van der Waals surface area contributed by atoms with Crippen molar-refractivity contribution in [3.8, 4) is 11.5 Å². The molecule has 1 rings (SSSR count). The Balaban J connectivity index is 2.84. The van der Waals surface area contributed by atoms with Gasteiger partial charge in [-0.25, -0.2) is 0 Å². The summed E-state index contributed by atoms with van der Waals surface area (Å²) in [6.45, 7) is 9.66. The molecule has 0 saturated heterocycles. The van der Waals surface area contributed by atoms with E-state index in [1.54, 1.807) is 7.11 Å². The predicted molar refractivity (Wildman–Crippen MR) is 80.0 cm³/mol. The summed E-state index contributed by atoms with van der Waals surface area (Å²) < 4.78 is 11.1. The maximum Gasteiger partial charge on any atom is 0.127 e. The van der Waals surface area contributed by atoms with Crippen molar-refractivity contribution in [3.05, 3.63) is 36.4 Å². The Kier molecular flexibility index (Phi) is 7.04. The van der Waals surface area contributed by atoms with Gasteiger partial charge in [0.25, 0.3) is 0 Å². The summed E-state index contributed by atoms with van der Waals surface area (Å²) in [7, 11) is 1.67. The third-order valence-corrected chi connectivity index (χ3v) is 2.97. The fourth-order valence-corrected chi connectivity index (χ4v) is 1.85. The summed E-state index contributed by atoms with van der Waals surface area (Å²) in [6, 6.07) is 6.25. The number of nitrogens with one attached hydrogen (secondary N) is 1. The molecule has 0 aliphatic rings. The van der Waals surface area contributed by atoms with E-state index in [9.17, 15) is 0 Å². The van der Waals surface area contributed by atoms with Gasteiger partial charge < -0.3 is 14.8 Å². The van der Waals surface area contributed by atoms with Crippen LogP contribution in [0.5, 0.6) is 11.5 Å². The van der Waals surface area contributed by atoms with E-state index in [0.29, 0.717) is 6.61 Å². The van der Waals surface area contributed by atoms with E-state index < -0.39 is 0 Å². The summed E-state index contributed by atoms with van der Waals surface area (Å²) >= 11 is 0. The quantitative estimate of drug-likeness (QED) is 0.544. The van der Waals surface area contributed by atoms with Crippen LogP contribution in [0.25, 0.3) is 0 Å². The highest BCUT2D eigenvalue weighted by atomic mass is 16.5. The van der Waals surface area contributed by atoms with Gasteiger partial charge in [0.1, 0.15) is 11.5 Å². The van der Waals surface area contributed by atoms with Crippen LogP contribution in [0.3, 0.4) is 0 Å². The third-order valence-electron chi connectivity index (χ3n) is 2.97. The molecule has 1 atom stereocenters. The van der Waals surface area contributed by atoms with Gasteiger partial charge in [0, 0.05) is 17.7 Å². The molecule has 1 aromatic carbocycles. The normalized spacial score (nSPS) is 11.9. The third kappa shape index (κ3) is 4.95. The minimum Gasteiger partial charge on any atom is -0.497 e. The molecule has 0 heterocycles. The van der Waals surface area contributed by atoms with Crippen LogP contribution >= 0.6 is 0 Å². The van der Waals surface area contributed by atoms with Crippen LogP contribution in [0.15, 0.2) is 30.9 Å². The van der Waals surface area contributed by atoms with Crippen molar-refractivity contribution in [2.45, 2.75) is 32.7 Å². The Morgan fingerprint density at radius 3 is 2.84 bits per heavy atom. The monoisotopic (exact) mass is 263 g/mol. The van der Waals surface area contributed by atoms with Crippen LogP contribution in [-0.4, -0.2) is 20.3 Å². The molecular weight excluding hydrogens is 238 g/mol. The van der Waals surface area contributed by atoms with Gasteiger partial charge in [0.05, 0.1) is 13.7 Å². The Bertz CT molecular complexity index is 390. The van der Waals surface area contributed by atoms with Crippen molar-refractivity contribution in [3.63, 3.8) is 0 Å². The SMILES string of the molecule is C=CCCOc1cc(OC)ccc1C(C)NCCC. The summed E-state index contributed by atoms with van der Waals surface area (Å²) in [5, 5.41) is 3.48. The molecule has 1 N–H and O–H groups in total. The van der Waals surface area contributed by atoms with E-state index in [1.807, 2.05) is 18.2 Å². The molecule has 0 bridgehead atoms. The number of rotatable bonds is 9. The van der Waals surface area contributed by atoms with Crippen molar-refractivity contribution in [1.29, 1.82) is 0 Å². The second kappa shape index (κ2) is 8.59. The van der Waals surface area contributed by atoms with Gasteiger partial charge in [0.15, 0.2) is 0 Å². The van der Waals surface area contributed by atoms with Gasteiger partial charge in [-0.15, -0.1) is 6.58 Å². The molecule has 1 unspecified atom stereocenters. The minimum absolute atomic E-state index is 0.268. The first-order chi connectivity index (χ1) is 9.22. The van der Waals surface area contributed by atoms with Crippen LogP contribution in [0.1, 0.15) is 38.3 Å². The zero-order chi connectivity index (χ0) is 14.1. The van der Waals surface area contributed by atoms with E-state index >= 15 is 0 Å². The van der Waals surface area contributed by atoms with E-state index in [-0.39, 0.29) is 6.04 Å². The number of hydrogen-bond acceptors (Lipinski definition) is 3. The number of methoxy groups -OCH3 is 1. The molecule has 3 nitrogen and oxygen atoms in total. The summed E-state index contributed by atoms with van der Waals surface area (Å²) in [6.07, 6.45) is 3.82. The van der Waals surface area contributed by atoms with Crippen LogP contribution in [0, 0.1) is 0 Å². The minimum atomic E-state index is 0.268. The van der Waals surface area contributed by atoms with E-state index in [0.717, 1.165) is 30.9 Å². The van der Waals surface area contributed by atoms with E-state index in [2.05, 4.69) is 31.8 Å². The van der Waals surface area contributed by atoms with Crippen LogP contribution in [0.4, 0.5) is 0 Å². The number of hydrogen-bond donors (Lipinski definition) is 1. The largest absolute Gasteiger partial charge is 0.497 e. The second-order valence-corrected chi connectivity index (χ2v) is 4.51. The fourth-order valence-electron chi connectivity index (χ4n) is 1.85. The smallest absolute Gasteiger partial charge is 0.127 e. The first-order valence-corrected chi connectivity index (χ1v) is 6.88. The second-order valence-electron chi connectivity index (χ2n) is 4.51.